The molecule has 2 N–H and O–H groups in total. The molecule has 8 heteroatoms. The number of nitrogens with zero attached hydrogens (tertiary/aromatic N) is 1. The first-order valence-corrected chi connectivity index (χ1v) is 11.1. The van der Waals surface area contributed by atoms with Gasteiger partial charge >= 0.3 is 0 Å². The van der Waals surface area contributed by atoms with Gasteiger partial charge in [0.2, 0.25) is 0 Å². The fourth-order valence-corrected chi connectivity index (χ4v) is 5.50. The Balaban J connectivity index is 0.00000225. The van der Waals surface area contributed by atoms with Crippen LogP contribution in [0.25, 0.3) is 10.8 Å². The number of benzene rings is 3. The van der Waals surface area contributed by atoms with Crippen molar-refractivity contribution in [2.75, 3.05) is 35.8 Å². The molecule has 0 aromatic heterocycles. The zero-order valence-electron chi connectivity index (χ0n) is 15.1. The van der Waals surface area contributed by atoms with Crippen LogP contribution in [0.1, 0.15) is 0 Å². The fraction of sp³-hybridized carbons (Fsp3) is 0.200. The molecule has 3 aromatic carbocycles. The summed E-state index contributed by atoms with van der Waals surface area (Å²) in [7, 11) is -3.69. The lowest BCUT2D eigenvalue weighted by atomic mass is 10.1. The van der Waals surface area contributed by atoms with Gasteiger partial charge in [0, 0.05) is 47.1 Å². The number of piperazine rings is 1. The molecule has 148 valence electrons. The summed E-state index contributed by atoms with van der Waals surface area (Å²) in [6.07, 6.45) is 0. The van der Waals surface area contributed by atoms with E-state index in [1.165, 1.54) is 0 Å². The molecular weight excluding hydrogens is 462 g/mol. The summed E-state index contributed by atoms with van der Waals surface area (Å²) in [6, 6.07) is 18.6. The Morgan fingerprint density at radius 2 is 1.54 bits per heavy atom. The Kier molecular flexibility index (Phi) is 6.50. The number of halogens is 2. The monoisotopic (exact) mass is 481 g/mol. The molecule has 0 radical (unpaired) electrons. The van der Waals surface area contributed by atoms with Gasteiger partial charge in [0.05, 0.1) is 5.69 Å². The minimum Gasteiger partial charge on any atom is -0.368 e. The SMILES string of the molecule is Cl.O=S(=O)(Nc1ccc(N2CCNCC2)c2ccccc12)c1ccccc1Br. The van der Waals surface area contributed by atoms with E-state index in [4.69, 9.17) is 0 Å². The van der Waals surface area contributed by atoms with E-state index in [0.29, 0.717) is 10.2 Å². The van der Waals surface area contributed by atoms with Crippen LogP contribution in [0.2, 0.25) is 0 Å². The van der Waals surface area contributed by atoms with Crippen LogP contribution >= 0.6 is 28.3 Å². The van der Waals surface area contributed by atoms with Gasteiger partial charge in [-0.1, -0.05) is 36.4 Å². The fourth-order valence-electron chi connectivity index (χ4n) is 3.42. The summed E-state index contributed by atoms with van der Waals surface area (Å²) in [5.74, 6) is 0. The van der Waals surface area contributed by atoms with Gasteiger partial charge in [0.15, 0.2) is 0 Å². The van der Waals surface area contributed by atoms with Crippen LogP contribution in [-0.2, 0) is 10.0 Å². The second kappa shape index (κ2) is 8.69. The first-order chi connectivity index (χ1) is 13.1. The molecule has 4 rings (SSSR count). The summed E-state index contributed by atoms with van der Waals surface area (Å²) in [5, 5.41) is 5.30. The topological polar surface area (TPSA) is 61.4 Å². The second-order valence-corrected chi connectivity index (χ2v) is 8.96. The highest BCUT2D eigenvalue weighted by Crippen LogP contribution is 2.34. The highest BCUT2D eigenvalue weighted by Gasteiger charge is 2.20. The zero-order chi connectivity index (χ0) is 18.9. The largest absolute Gasteiger partial charge is 0.368 e. The van der Waals surface area contributed by atoms with E-state index in [9.17, 15) is 8.42 Å². The van der Waals surface area contributed by atoms with Crippen molar-refractivity contribution in [1.82, 2.24) is 5.32 Å². The molecule has 3 aromatic rings. The van der Waals surface area contributed by atoms with Crippen molar-refractivity contribution in [2.45, 2.75) is 4.90 Å². The smallest absolute Gasteiger partial charge is 0.263 e. The number of fused-ring (bicyclic) bond motifs is 1. The molecule has 28 heavy (non-hydrogen) atoms. The van der Waals surface area contributed by atoms with Crippen LogP contribution in [-0.4, -0.2) is 34.6 Å². The van der Waals surface area contributed by atoms with E-state index in [0.717, 1.165) is 42.6 Å². The highest BCUT2D eigenvalue weighted by molar-refractivity contribution is 9.10. The predicted octanol–water partition coefficient (Wildman–Crippen LogP) is 4.23. The third-order valence-electron chi connectivity index (χ3n) is 4.73. The molecule has 0 bridgehead atoms. The minimum absolute atomic E-state index is 0. The summed E-state index contributed by atoms with van der Waals surface area (Å²) >= 11 is 3.33. The van der Waals surface area contributed by atoms with Crippen molar-refractivity contribution in [3.63, 3.8) is 0 Å². The summed E-state index contributed by atoms with van der Waals surface area (Å²) < 4.78 is 29.1. The molecule has 1 heterocycles. The molecule has 5 nitrogen and oxygen atoms in total. The van der Waals surface area contributed by atoms with Crippen LogP contribution in [0.15, 0.2) is 70.0 Å². The van der Waals surface area contributed by atoms with Crippen molar-refractivity contribution < 1.29 is 8.42 Å². The maximum Gasteiger partial charge on any atom is 0.263 e. The van der Waals surface area contributed by atoms with Gasteiger partial charge < -0.3 is 10.2 Å². The molecule has 0 unspecified atom stereocenters. The lowest BCUT2D eigenvalue weighted by Gasteiger charge is -2.30. The molecule has 0 amide bonds. The number of anilines is 2. The van der Waals surface area contributed by atoms with E-state index in [1.807, 2.05) is 36.4 Å². The van der Waals surface area contributed by atoms with Gasteiger partial charge in [0.1, 0.15) is 4.90 Å². The van der Waals surface area contributed by atoms with Crippen LogP contribution in [0.4, 0.5) is 11.4 Å². The molecule has 0 saturated carbocycles. The van der Waals surface area contributed by atoms with E-state index in [2.05, 4.69) is 30.9 Å². The third kappa shape index (κ3) is 4.12. The summed E-state index contributed by atoms with van der Waals surface area (Å²) in [4.78, 5) is 2.56. The minimum atomic E-state index is -3.69. The summed E-state index contributed by atoms with van der Waals surface area (Å²) in [6.45, 7) is 3.77. The molecular formula is C20H21BrClN3O2S. The van der Waals surface area contributed by atoms with Crippen molar-refractivity contribution >= 4 is 60.5 Å². The van der Waals surface area contributed by atoms with Crippen LogP contribution in [0.5, 0.6) is 0 Å². The van der Waals surface area contributed by atoms with Gasteiger partial charge in [-0.2, -0.15) is 0 Å². The third-order valence-corrected chi connectivity index (χ3v) is 7.11. The number of sulfonamides is 1. The highest BCUT2D eigenvalue weighted by atomic mass is 79.9. The Morgan fingerprint density at radius 1 is 0.893 bits per heavy atom. The van der Waals surface area contributed by atoms with E-state index < -0.39 is 10.0 Å². The lowest BCUT2D eigenvalue weighted by Crippen LogP contribution is -2.43. The predicted molar refractivity (Wildman–Crippen MR) is 121 cm³/mol. The van der Waals surface area contributed by atoms with Gasteiger partial charge in [0.25, 0.3) is 10.0 Å². The van der Waals surface area contributed by atoms with E-state index >= 15 is 0 Å². The average Bonchev–Trinajstić information content (AvgIpc) is 2.69. The van der Waals surface area contributed by atoms with Crippen LogP contribution in [0.3, 0.4) is 0 Å². The summed E-state index contributed by atoms with van der Waals surface area (Å²) in [5.41, 5.74) is 1.72. The standard InChI is InChI=1S/C20H20BrN3O2S.ClH/c21-17-7-3-4-8-20(17)27(25,26)23-18-9-10-19(24-13-11-22-12-14-24)16-6-2-1-5-15(16)18;/h1-10,22-23H,11-14H2;1H. The second-order valence-electron chi connectivity index (χ2n) is 6.45. The van der Waals surface area contributed by atoms with E-state index in [1.54, 1.807) is 24.3 Å². The number of rotatable bonds is 4. The molecule has 1 fully saturated rings. The van der Waals surface area contributed by atoms with Crippen LogP contribution in [0, 0.1) is 0 Å². The van der Waals surface area contributed by atoms with Crippen molar-refractivity contribution in [2.24, 2.45) is 0 Å². The molecule has 0 atom stereocenters. The number of hydrogen-bond acceptors (Lipinski definition) is 4. The Labute approximate surface area is 179 Å². The first kappa shape index (κ1) is 20.9. The van der Waals surface area contributed by atoms with Gasteiger partial charge in [-0.3, -0.25) is 4.72 Å². The molecule has 0 spiro atoms. The Hall–Kier alpha value is -1.80. The average molecular weight is 483 g/mol. The van der Waals surface area contributed by atoms with Crippen molar-refractivity contribution in [1.29, 1.82) is 0 Å². The maximum absolute atomic E-state index is 12.9. The molecule has 1 aliphatic rings. The van der Waals surface area contributed by atoms with Gasteiger partial charge in [-0.25, -0.2) is 8.42 Å². The first-order valence-electron chi connectivity index (χ1n) is 8.81. The number of nitrogens with one attached hydrogen (secondary N) is 2. The Morgan fingerprint density at radius 3 is 2.25 bits per heavy atom. The molecule has 1 saturated heterocycles. The molecule has 1 aliphatic heterocycles. The van der Waals surface area contributed by atoms with Crippen molar-refractivity contribution in [3.05, 3.63) is 65.1 Å². The van der Waals surface area contributed by atoms with Gasteiger partial charge in [-0.15, -0.1) is 12.4 Å². The zero-order valence-corrected chi connectivity index (χ0v) is 18.3. The maximum atomic E-state index is 12.9. The lowest BCUT2D eigenvalue weighted by molar-refractivity contribution is 0.590. The van der Waals surface area contributed by atoms with E-state index in [-0.39, 0.29) is 17.3 Å². The van der Waals surface area contributed by atoms with Gasteiger partial charge in [-0.05, 0) is 40.2 Å². The Bertz CT molecular complexity index is 1090. The van der Waals surface area contributed by atoms with Crippen molar-refractivity contribution in [3.8, 4) is 0 Å². The van der Waals surface area contributed by atoms with Crippen LogP contribution < -0.4 is 14.9 Å². The normalized spacial score (nSPS) is 14.5. The molecule has 0 aliphatic carbocycles. The quantitative estimate of drug-likeness (QED) is 0.584. The number of hydrogen-bond donors (Lipinski definition) is 2.